The van der Waals surface area contributed by atoms with Crippen LogP contribution in [0.5, 0.6) is 17.2 Å². The van der Waals surface area contributed by atoms with Crippen LogP contribution in [0, 0.1) is 0 Å². The van der Waals surface area contributed by atoms with Crippen LogP contribution in [0.15, 0.2) is 36.4 Å². The molecule has 0 aliphatic rings. The maximum Gasteiger partial charge on any atom is 0.166 e. The van der Waals surface area contributed by atoms with E-state index in [4.69, 9.17) is 25.8 Å². The molecule has 1 N–H and O–H groups in total. The molecule has 124 valence electrons. The molecule has 4 nitrogen and oxygen atoms in total. The SMILES string of the molecule is CCCOc1c(CNc2ccc(OC)cc2)cc(Cl)cc1OC. The monoisotopic (exact) mass is 335 g/mol. The van der Waals surface area contributed by atoms with Gasteiger partial charge in [0.05, 0.1) is 20.8 Å². The Morgan fingerprint density at radius 3 is 2.39 bits per heavy atom. The topological polar surface area (TPSA) is 39.7 Å². The van der Waals surface area contributed by atoms with Gasteiger partial charge in [-0.25, -0.2) is 0 Å². The molecule has 0 saturated carbocycles. The molecule has 2 aromatic rings. The van der Waals surface area contributed by atoms with E-state index in [1.54, 1.807) is 20.3 Å². The van der Waals surface area contributed by atoms with Crippen molar-refractivity contribution in [3.8, 4) is 17.2 Å². The van der Waals surface area contributed by atoms with E-state index in [2.05, 4.69) is 12.2 Å². The summed E-state index contributed by atoms with van der Waals surface area (Å²) in [5, 5.41) is 3.98. The predicted molar refractivity (Wildman–Crippen MR) is 94.1 cm³/mol. The summed E-state index contributed by atoms with van der Waals surface area (Å²) in [7, 11) is 3.27. The van der Waals surface area contributed by atoms with Gasteiger partial charge in [-0.1, -0.05) is 18.5 Å². The predicted octanol–water partition coefficient (Wildman–Crippen LogP) is 4.76. The number of anilines is 1. The lowest BCUT2D eigenvalue weighted by molar-refractivity contribution is 0.291. The third-order valence-electron chi connectivity index (χ3n) is 3.34. The zero-order chi connectivity index (χ0) is 16.7. The standard InChI is InChI=1S/C18H22ClNO3/c1-4-9-23-18-13(10-14(19)11-17(18)22-3)12-20-15-5-7-16(21-2)8-6-15/h5-8,10-11,20H,4,9,12H2,1-3H3. The Bertz CT molecular complexity index is 629. The first-order valence-corrected chi connectivity index (χ1v) is 7.92. The number of benzene rings is 2. The van der Waals surface area contributed by atoms with Gasteiger partial charge in [0.15, 0.2) is 11.5 Å². The number of nitrogens with one attached hydrogen (secondary N) is 1. The van der Waals surface area contributed by atoms with E-state index in [0.29, 0.717) is 23.9 Å². The molecule has 0 aliphatic heterocycles. The molecule has 5 heteroatoms. The van der Waals surface area contributed by atoms with Crippen molar-refractivity contribution in [1.29, 1.82) is 0 Å². The first kappa shape index (κ1) is 17.3. The van der Waals surface area contributed by atoms with Crippen molar-refractivity contribution in [2.45, 2.75) is 19.9 Å². The first-order chi connectivity index (χ1) is 11.2. The Morgan fingerprint density at radius 2 is 1.78 bits per heavy atom. The number of hydrogen-bond donors (Lipinski definition) is 1. The highest BCUT2D eigenvalue weighted by Crippen LogP contribution is 2.35. The molecular weight excluding hydrogens is 314 g/mol. The molecule has 0 atom stereocenters. The number of rotatable bonds is 8. The van der Waals surface area contributed by atoms with Crippen molar-refractivity contribution in [2.24, 2.45) is 0 Å². The van der Waals surface area contributed by atoms with Gasteiger partial charge >= 0.3 is 0 Å². The maximum absolute atomic E-state index is 6.18. The summed E-state index contributed by atoms with van der Waals surface area (Å²) in [4.78, 5) is 0. The molecule has 0 unspecified atom stereocenters. The second-order valence-electron chi connectivity index (χ2n) is 5.03. The second-order valence-corrected chi connectivity index (χ2v) is 5.46. The lowest BCUT2D eigenvalue weighted by atomic mass is 10.1. The number of ether oxygens (including phenoxy) is 3. The van der Waals surface area contributed by atoms with E-state index in [1.165, 1.54) is 0 Å². The molecular formula is C18H22ClNO3. The zero-order valence-electron chi connectivity index (χ0n) is 13.7. The summed E-state index contributed by atoms with van der Waals surface area (Å²) in [6, 6.07) is 11.4. The molecule has 0 spiro atoms. The summed E-state index contributed by atoms with van der Waals surface area (Å²) in [6.45, 7) is 3.29. The summed E-state index contributed by atoms with van der Waals surface area (Å²) < 4.78 is 16.4. The normalized spacial score (nSPS) is 10.3. The van der Waals surface area contributed by atoms with Gasteiger partial charge in [-0.15, -0.1) is 0 Å². The van der Waals surface area contributed by atoms with Gasteiger partial charge < -0.3 is 19.5 Å². The molecule has 23 heavy (non-hydrogen) atoms. The molecule has 0 bridgehead atoms. The largest absolute Gasteiger partial charge is 0.497 e. The van der Waals surface area contributed by atoms with Crippen molar-refractivity contribution < 1.29 is 14.2 Å². The van der Waals surface area contributed by atoms with Crippen LogP contribution in [-0.2, 0) is 6.54 Å². The zero-order valence-corrected chi connectivity index (χ0v) is 14.4. The fourth-order valence-electron chi connectivity index (χ4n) is 2.18. The van der Waals surface area contributed by atoms with Crippen molar-refractivity contribution in [3.63, 3.8) is 0 Å². The fourth-order valence-corrected chi connectivity index (χ4v) is 2.41. The average molecular weight is 336 g/mol. The van der Waals surface area contributed by atoms with E-state index in [-0.39, 0.29) is 0 Å². The fraction of sp³-hybridized carbons (Fsp3) is 0.333. The van der Waals surface area contributed by atoms with Gasteiger partial charge in [-0.2, -0.15) is 0 Å². The quantitative estimate of drug-likeness (QED) is 0.755. The number of methoxy groups -OCH3 is 2. The number of hydrogen-bond acceptors (Lipinski definition) is 4. The second kappa shape index (κ2) is 8.53. The van der Waals surface area contributed by atoms with Crippen LogP contribution in [0.2, 0.25) is 5.02 Å². The summed E-state index contributed by atoms with van der Waals surface area (Å²) in [5.74, 6) is 2.21. The molecule has 0 aliphatic carbocycles. The Hall–Kier alpha value is -2.07. The van der Waals surface area contributed by atoms with Gasteiger partial charge in [-0.3, -0.25) is 0 Å². The van der Waals surface area contributed by atoms with Crippen LogP contribution >= 0.6 is 11.6 Å². The van der Waals surface area contributed by atoms with E-state index in [0.717, 1.165) is 29.2 Å². The van der Waals surface area contributed by atoms with Crippen LogP contribution in [0.3, 0.4) is 0 Å². The van der Waals surface area contributed by atoms with Crippen LogP contribution < -0.4 is 19.5 Å². The molecule has 0 saturated heterocycles. The molecule has 2 rings (SSSR count). The summed E-state index contributed by atoms with van der Waals surface area (Å²) in [6.07, 6.45) is 0.928. The Labute approximate surface area is 142 Å². The molecule has 0 aromatic heterocycles. The van der Waals surface area contributed by atoms with Crippen molar-refractivity contribution >= 4 is 17.3 Å². The summed E-state index contributed by atoms with van der Waals surface area (Å²) in [5.41, 5.74) is 1.95. The molecule has 2 aromatic carbocycles. The Balaban J connectivity index is 2.17. The van der Waals surface area contributed by atoms with Gasteiger partial charge in [0, 0.05) is 28.9 Å². The lowest BCUT2D eigenvalue weighted by Crippen LogP contribution is -2.06. The smallest absolute Gasteiger partial charge is 0.166 e. The third kappa shape index (κ3) is 4.70. The van der Waals surface area contributed by atoms with Crippen LogP contribution in [0.1, 0.15) is 18.9 Å². The van der Waals surface area contributed by atoms with Crippen LogP contribution in [0.4, 0.5) is 5.69 Å². The van der Waals surface area contributed by atoms with Crippen LogP contribution in [-0.4, -0.2) is 20.8 Å². The van der Waals surface area contributed by atoms with E-state index in [9.17, 15) is 0 Å². The van der Waals surface area contributed by atoms with E-state index < -0.39 is 0 Å². The van der Waals surface area contributed by atoms with Gasteiger partial charge in [-0.05, 0) is 36.8 Å². The van der Waals surface area contributed by atoms with E-state index in [1.807, 2.05) is 30.3 Å². The van der Waals surface area contributed by atoms with Gasteiger partial charge in [0.25, 0.3) is 0 Å². The highest BCUT2D eigenvalue weighted by Gasteiger charge is 2.13. The van der Waals surface area contributed by atoms with Gasteiger partial charge in [0.2, 0.25) is 0 Å². The minimum absolute atomic E-state index is 0.586. The van der Waals surface area contributed by atoms with Crippen molar-refractivity contribution in [3.05, 3.63) is 47.0 Å². The van der Waals surface area contributed by atoms with Crippen molar-refractivity contribution in [1.82, 2.24) is 0 Å². The molecule has 0 fully saturated rings. The molecule has 0 amide bonds. The number of halogens is 1. The van der Waals surface area contributed by atoms with Crippen molar-refractivity contribution in [2.75, 3.05) is 26.1 Å². The lowest BCUT2D eigenvalue weighted by Gasteiger charge is -2.16. The highest BCUT2D eigenvalue weighted by molar-refractivity contribution is 6.30. The maximum atomic E-state index is 6.18. The highest BCUT2D eigenvalue weighted by atomic mass is 35.5. The van der Waals surface area contributed by atoms with E-state index >= 15 is 0 Å². The Kier molecular flexibility index (Phi) is 6.41. The Morgan fingerprint density at radius 1 is 1.04 bits per heavy atom. The average Bonchev–Trinajstić information content (AvgIpc) is 2.58. The molecule has 0 radical (unpaired) electrons. The minimum Gasteiger partial charge on any atom is -0.497 e. The third-order valence-corrected chi connectivity index (χ3v) is 3.56. The molecule has 0 heterocycles. The first-order valence-electron chi connectivity index (χ1n) is 7.55. The minimum atomic E-state index is 0.586. The summed E-state index contributed by atoms with van der Waals surface area (Å²) >= 11 is 6.18. The van der Waals surface area contributed by atoms with Gasteiger partial charge in [0.1, 0.15) is 5.75 Å². The van der Waals surface area contributed by atoms with Crippen LogP contribution in [0.25, 0.3) is 0 Å².